The van der Waals surface area contributed by atoms with Crippen LogP contribution in [0.2, 0.25) is 0 Å². The van der Waals surface area contributed by atoms with E-state index in [4.69, 9.17) is 19.9 Å². The number of carbonyl (C=O) groups is 3. The molecular weight excluding hydrogens is 364 g/mol. The third-order valence-corrected chi connectivity index (χ3v) is 4.70. The van der Waals surface area contributed by atoms with Crippen LogP contribution < -0.4 is 15.2 Å². The smallest absolute Gasteiger partial charge is 0.331 e. The number of piperidine rings is 1. The van der Waals surface area contributed by atoms with E-state index in [0.29, 0.717) is 44.1 Å². The van der Waals surface area contributed by atoms with E-state index >= 15 is 0 Å². The molecular formula is C20H24N2O6. The molecule has 150 valence electrons. The molecule has 2 heterocycles. The van der Waals surface area contributed by atoms with Gasteiger partial charge in [-0.15, -0.1) is 0 Å². The Kier molecular flexibility index (Phi) is 6.52. The molecule has 0 bridgehead atoms. The van der Waals surface area contributed by atoms with Gasteiger partial charge in [-0.3, -0.25) is 9.59 Å². The molecule has 3 rings (SSSR count). The van der Waals surface area contributed by atoms with Crippen LogP contribution in [0.15, 0.2) is 24.3 Å². The van der Waals surface area contributed by atoms with E-state index in [0.717, 1.165) is 12.0 Å². The lowest BCUT2D eigenvalue weighted by Gasteiger charge is -2.30. The minimum absolute atomic E-state index is 0.277. The normalized spacial score (nSPS) is 19.1. The lowest BCUT2D eigenvalue weighted by Crippen LogP contribution is -2.45. The van der Waals surface area contributed by atoms with E-state index in [2.05, 4.69) is 0 Å². The van der Waals surface area contributed by atoms with Crippen molar-refractivity contribution in [3.8, 4) is 11.5 Å². The number of hydrogen-bond acceptors (Lipinski definition) is 6. The standard InChI is InChI=1S/C20H24N2O6/c21-20(25)15-3-1-8-22(12-15)18(23)13-28-19(24)7-5-14-4-6-16-17(11-14)27-10-2-9-26-16/h4-7,11,15H,1-3,8-10,12-13H2,(H2,21,25)/b7-5+/t15-/m1/s1. The summed E-state index contributed by atoms with van der Waals surface area (Å²) in [6.45, 7) is 1.64. The molecule has 0 spiro atoms. The topological polar surface area (TPSA) is 108 Å². The summed E-state index contributed by atoms with van der Waals surface area (Å²) in [5.41, 5.74) is 6.07. The molecule has 1 saturated heterocycles. The molecule has 2 amide bonds. The highest BCUT2D eigenvalue weighted by molar-refractivity contribution is 5.89. The van der Waals surface area contributed by atoms with Crippen molar-refractivity contribution in [3.63, 3.8) is 0 Å². The zero-order valence-corrected chi connectivity index (χ0v) is 15.6. The van der Waals surface area contributed by atoms with Crippen LogP contribution in [0.5, 0.6) is 11.5 Å². The minimum Gasteiger partial charge on any atom is -0.490 e. The van der Waals surface area contributed by atoms with Gasteiger partial charge in [0, 0.05) is 25.6 Å². The maximum absolute atomic E-state index is 12.2. The summed E-state index contributed by atoms with van der Waals surface area (Å²) in [7, 11) is 0. The first kappa shape index (κ1) is 19.7. The second-order valence-corrected chi connectivity index (χ2v) is 6.78. The number of esters is 1. The van der Waals surface area contributed by atoms with E-state index in [9.17, 15) is 14.4 Å². The third kappa shape index (κ3) is 5.25. The van der Waals surface area contributed by atoms with E-state index in [1.807, 2.05) is 0 Å². The second kappa shape index (κ2) is 9.25. The van der Waals surface area contributed by atoms with Gasteiger partial charge < -0.3 is 24.8 Å². The molecule has 0 saturated carbocycles. The molecule has 0 unspecified atom stereocenters. The molecule has 0 aromatic heterocycles. The van der Waals surface area contributed by atoms with Crippen LogP contribution in [0, 0.1) is 5.92 Å². The summed E-state index contributed by atoms with van der Waals surface area (Å²) in [6.07, 6.45) is 5.05. The fraction of sp³-hybridized carbons (Fsp3) is 0.450. The van der Waals surface area contributed by atoms with Gasteiger partial charge in [0.15, 0.2) is 18.1 Å². The molecule has 1 fully saturated rings. The van der Waals surface area contributed by atoms with Gasteiger partial charge in [0.2, 0.25) is 5.91 Å². The van der Waals surface area contributed by atoms with Crippen molar-refractivity contribution in [1.82, 2.24) is 4.90 Å². The van der Waals surface area contributed by atoms with Gasteiger partial charge in [0.1, 0.15) is 0 Å². The van der Waals surface area contributed by atoms with E-state index < -0.39 is 11.9 Å². The molecule has 28 heavy (non-hydrogen) atoms. The summed E-state index contributed by atoms with van der Waals surface area (Å²) in [5, 5.41) is 0. The Labute approximate surface area is 163 Å². The lowest BCUT2D eigenvalue weighted by molar-refractivity contribution is -0.149. The minimum atomic E-state index is -0.621. The van der Waals surface area contributed by atoms with E-state index in [1.165, 1.54) is 11.0 Å². The van der Waals surface area contributed by atoms with Crippen LogP contribution >= 0.6 is 0 Å². The van der Waals surface area contributed by atoms with Gasteiger partial charge in [-0.2, -0.15) is 0 Å². The van der Waals surface area contributed by atoms with Gasteiger partial charge in [0.25, 0.3) is 5.91 Å². The van der Waals surface area contributed by atoms with Crippen LogP contribution in [-0.2, 0) is 19.1 Å². The van der Waals surface area contributed by atoms with Crippen LogP contribution in [-0.4, -0.2) is 55.6 Å². The number of nitrogens with two attached hydrogens (primary N) is 1. The lowest BCUT2D eigenvalue weighted by atomic mass is 9.97. The average Bonchev–Trinajstić information content (AvgIpc) is 2.95. The number of carbonyl (C=O) groups excluding carboxylic acids is 3. The first-order valence-corrected chi connectivity index (χ1v) is 9.34. The van der Waals surface area contributed by atoms with Gasteiger partial charge in [-0.1, -0.05) is 6.07 Å². The van der Waals surface area contributed by atoms with Gasteiger partial charge >= 0.3 is 5.97 Å². The van der Waals surface area contributed by atoms with Gasteiger partial charge in [-0.05, 0) is 36.6 Å². The van der Waals surface area contributed by atoms with Crippen molar-refractivity contribution in [2.45, 2.75) is 19.3 Å². The van der Waals surface area contributed by atoms with Crippen LogP contribution in [0.1, 0.15) is 24.8 Å². The molecule has 2 aliphatic heterocycles. The second-order valence-electron chi connectivity index (χ2n) is 6.78. The van der Waals surface area contributed by atoms with Crippen molar-refractivity contribution in [2.24, 2.45) is 11.7 Å². The number of benzene rings is 1. The molecule has 2 N–H and O–H groups in total. The summed E-state index contributed by atoms with van der Waals surface area (Å²) in [5.74, 6) is -0.386. The number of amides is 2. The fourth-order valence-electron chi connectivity index (χ4n) is 3.16. The van der Waals surface area contributed by atoms with Crippen molar-refractivity contribution >= 4 is 23.9 Å². The monoisotopic (exact) mass is 388 g/mol. The molecule has 1 atom stereocenters. The number of hydrogen-bond donors (Lipinski definition) is 1. The number of primary amides is 1. The molecule has 1 aromatic rings. The van der Waals surface area contributed by atoms with Crippen molar-refractivity contribution < 1.29 is 28.6 Å². The predicted molar refractivity (Wildman–Crippen MR) is 101 cm³/mol. The Morgan fingerprint density at radius 1 is 1.18 bits per heavy atom. The molecule has 0 aliphatic carbocycles. The molecule has 1 aromatic carbocycles. The maximum atomic E-state index is 12.2. The zero-order valence-electron chi connectivity index (χ0n) is 15.6. The number of rotatable bonds is 5. The quantitative estimate of drug-likeness (QED) is 0.598. The third-order valence-electron chi connectivity index (χ3n) is 4.70. The first-order valence-electron chi connectivity index (χ1n) is 9.34. The zero-order chi connectivity index (χ0) is 19.9. The summed E-state index contributed by atoms with van der Waals surface area (Å²) in [4.78, 5) is 36.9. The Hall–Kier alpha value is -3.03. The first-order chi connectivity index (χ1) is 13.5. The Bertz CT molecular complexity index is 776. The number of fused-ring (bicyclic) bond motifs is 1. The van der Waals surface area contributed by atoms with Gasteiger partial charge in [0.05, 0.1) is 19.1 Å². The number of likely N-dealkylation sites (tertiary alicyclic amines) is 1. The summed E-state index contributed by atoms with van der Waals surface area (Å²) >= 11 is 0. The van der Waals surface area contributed by atoms with Crippen molar-refractivity contribution in [3.05, 3.63) is 29.8 Å². The predicted octanol–water partition coefficient (Wildman–Crippen LogP) is 1.13. The Balaban J connectivity index is 1.49. The van der Waals surface area contributed by atoms with Crippen molar-refractivity contribution in [2.75, 3.05) is 32.9 Å². The van der Waals surface area contributed by atoms with Crippen LogP contribution in [0.25, 0.3) is 6.08 Å². The van der Waals surface area contributed by atoms with E-state index in [1.54, 1.807) is 24.3 Å². The highest BCUT2D eigenvalue weighted by Crippen LogP contribution is 2.30. The fourth-order valence-corrected chi connectivity index (χ4v) is 3.16. The molecule has 8 heteroatoms. The molecule has 0 radical (unpaired) electrons. The van der Waals surface area contributed by atoms with Gasteiger partial charge in [-0.25, -0.2) is 4.79 Å². The number of ether oxygens (including phenoxy) is 3. The Morgan fingerprint density at radius 3 is 2.75 bits per heavy atom. The van der Waals surface area contributed by atoms with Crippen LogP contribution in [0.4, 0.5) is 0 Å². The SMILES string of the molecule is NC(=O)[C@@H]1CCCN(C(=O)COC(=O)/C=C/c2ccc3c(c2)OCCCO3)C1. The highest BCUT2D eigenvalue weighted by atomic mass is 16.5. The maximum Gasteiger partial charge on any atom is 0.331 e. The number of nitrogens with zero attached hydrogens (tertiary/aromatic N) is 1. The molecule has 2 aliphatic rings. The van der Waals surface area contributed by atoms with Crippen molar-refractivity contribution in [1.29, 1.82) is 0 Å². The van der Waals surface area contributed by atoms with E-state index in [-0.39, 0.29) is 25.0 Å². The summed E-state index contributed by atoms with van der Waals surface area (Å²) in [6, 6.07) is 5.38. The molecule has 8 nitrogen and oxygen atoms in total. The largest absolute Gasteiger partial charge is 0.490 e. The van der Waals surface area contributed by atoms with Crippen LogP contribution in [0.3, 0.4) is 0 Å². The highest BCUT2D eigenvalue weighted by Gasteiger charge is 2.27. The Morgan fingerprint density at radius 2 is 1.96 bits per heavy atom. The average molecular weight is 388 g/mol. The summed E-state index contributed by atoms with van der Waals surface area (Å²) < 4.78 is 16.2.